The van der Waals surface area contributed by atoms with Crippen molar-refractivity contribution in [1.29, 1.82) is 0 Å². The maximum Gasteiger partial charge on any atom is 0.122 e. The third-order valence-corrected chi connectivity index (χ3v) is 3.54. The van der Waals surface area contributed by atoms with Crippen LogP contribution in [0.5, 0.6) is 5.75 Å². The molecule has 0 aliphatic carbocycles. The Labute approximate surface area is 128 Å². The van der Waals surface area contributed by atoms with Gasteiger partial charge in [0.1, 0.15) is 5.75 Å². The van der Waals surface area contributed by atoms with E-state index in [1.165, 1.54) is 11.1 Å². The van der Waals surface area contributed by atoms with Crippen molar-refractivity contribution in [2.75, 3.05) is 6.61 Å². The van der Waals surface area contributed by atoms with Gasteiger partial charge in [0.2, 0.25) is 0 Å². The van der Waals surface area contributed by atoms with E-state index in [0.717, 1.165) is 18.8 Å². The van der Waals surface area contributed by atoms with E-state index in [0.29, 0.717) is 11.4 Å². The Balaban J connectivity index is 3.15. The molecule has 0 saturated heterocycles. The maximum absolute atomic E-state index is 5.87. The van der Waals surface area contributed by atoms with Gasteiger partial charge in [-0.25, -0.2) is 0 Å². The fourth-order valence-electron chi connectivity index (χ4n) is 2.16. The summed E-state index contributed by atoms with van der Waals surface area (Å²) in [5.74, 6) is 1.24. The number of hydrogen-bond acceptors (Lipinski definition) is 2. The van der Waals surface area contributed by atoms with Gasteiger partial charge >= 0.3 is 0 Å². The van der Waals surface area contributed by atoms with Gasteiger partial charge in [-0.2, -0.15) is 0 Å². The lowest BCUT2D eigenvalue weighted by atomic mass is 9.84. The van der Waals surface area contributed by atoms with Crippen LogP contribution in [0.3, 0.4) is 0 Å². The molecule has 0 fully saturated rings. The predicted octanol–water partition coefficient (Wildman–Crippen LogP) is 4.55. The molecule has 0 spiro atoms. The molecule has 0 heterocycles. The third-order valence-electron chi connectivity index (χ3n) is 3.38. The fraction of sp³-hybridized carbons (Fsp3) is 0.588. The molecule has 1 atom stereocenters. The summed E-state index contributed by atoms with van der Waals surface area (Å²) in [6.07, 6.45) is 1.72. The molecule has 0 radical (unpaired) electrons. The average Bonchev–Trinajstić information content (AvgIpc) is 2.34. The smallest absolute Gasteiger partial charge is 0.122 e. The van der Waals surface area contributed by atoms with E-state index < -0.39 is 0 Å². The fourth-order valence-corrected chi connectivity index (χ4v) is 2.41. The molecule has 0 saturated carbocycles. The lowest BCUT2D eigenvalue weighted by molar-refractivity contribution is 0.312. The molecular formula is C17H27NOS. The average molecular weight is 293 g/mol. The quantitative estimate of drug-likeness (QED) is 0.781. The second-order valence-corrected chi connectivity index (χ2v) is 6.95. The number of hydrogen-bond donors (Lipinski definition) is 1. The summed E-state index contributed by atoms with van der Waals surface area (Å²) in [4.78, 5) is 0.556. The van der Waals surface area contributed by atoms with Crippen LogP contribution >= 0.6 is 12.2 Å². The van der Waals surface area contributed by atoms with Crippen LogP contribution in [0.25, 0.3) is 0 Å². The van der Waals surface area contributed by atoms with Crippen molar-refractivity contribution < 1.29 is 4.74 Å². The van der Waals surface area contributed by atoms with E-state index >= 15 is 0 Å². The molecule has 2 nitrogen and oxygen atoms in total. The topological polar surface area (TPSA) is 35.2 Å². The van der Waals surface area contributed by atoms with Gasteiger partial charge in [0.05, 0.1) is 11.6 Å². The van der Waals surface area contributed by atoms with Crippen molar-refractivity contribution in [2.45, 2.75) is 58.8 Å². The van der Waals surface area contributed by atoms with E-state index in [1.54, 1.807) is 0 Å². The Morgan fingerprint density at radius 2 is 2.00 bits per heavy atom. The molecule has 2 N–H and O–H groups in total. The largest absolute Gasteiger partial charge is 0.493 e. The first-order valence-electron chi connectivity index (χ1n) is 7.31. The molecule has 1 rings (SSSR count). The summed E-state index contributed by atoms with van der Waals surface area (Å²) in [6, 6.07) is 6.48. The van der Waals surface area contributed by atoms with Crippen molar-refractivity contribution in [3.63, 3.8) is 0 Å². The van der Waals surface area contributed by atoms with Gasteiger partial charge < -0.3 is 10.5 Å². The Morgan fingerprint density at radius 3 is 2.50 bits per heavy atom. The highest BCUT2D eigenvalue weighted by Crippen LogP contribution is 2.34. The maximum atomic E-state index is 5.87. The Morgan fingerprint density at radius 1 is 1.35 bits per heavy atom. The summed E-state index contributed by atoms with van der Waals surface area (Å²) in [5.41, 5.74) is 8.34. The zero-order valence-corrected chi connectivity index (χ0v) is 14.1. The second-order valence-electron chi connectivity index (χ2n) is 6.42. The number of ether oxygens (including phenoxy) is 1. The molecular weight excluding hydrogens is 266 g/mol. The predicted molar refractivity (Wildman–Crippen MR) is 90.7 cm³/mol. The van der Waals surface area contributed by atoms with E-state index in [4.69, 9.17) is 22.7 Å². The minimum Gasteiger partial charge on any atom is -0.493 e. The minimum atomic E-state index is 0.126. The zero-order valence-electron chi connectivity index (χ0n) is 13.3. The molecule has 0 aliphatic rings. The second kappa shape index (κ2) is 7.07. The summed E-state index contributed by atoms with van der Waals surface area (Å²) in [7, 11) is 0. The van der Waals surface area contributed by atoms with Gasteiger partial charge in [-0.3, -0.25) is 0 Å². The number of thiocarbonyl (C=S) groups is 1. The molecule has 20 heavy (non-hydrogen) atoms. The van der Waals surface area contributed by atoms with Crippen molar-refractivity contribution >= 4 is 17.2 Å². The van der Waals surface area contributed by atoms with Gasteiger partial charge in [0, 0.05) is 6.42 Å². The van der Waals surface area contributed by atoms with Gasteiger partial charge in [-0.05, 0) is 34.9 Å². The first-order chi connectivity index (χ1) is 9.25. The van der Waals surface area contributed by atoms with Crippen molar-refractivity contribution in [1.82, 2.24) is 0 Å². The van der Waals surface area contributed by atoms with Crippen molar-refractivity contribution in [3.05, 3.63) is 29.3 Å². The molecule has 0 aromatic heterocycles. The van der Waals surface area contributed by atoms with Crippen LogP contribution in [0.1, 0.15) is 64.5 Å². The Bertz CT molecular complexity index is 463. The Kier molecular flexibility index (Phi) is 6.00. The van der Waals surface area contributed by atoms with E-state index in [2.05, 4.69) is 52.8 Å². The van der Waals surface area contributed by atoms with Crippen LogP contribution in [-0.2, 0) is 5.41 Å². The molecule has 0 bridgehead atoms. The summed E-state index contributed by atoms with van der Waals surface area (Å²) in [6.45, 7) is 11.7. The normalized spacial score (nSPS) is 13.1. The molecule has 3 heteroatoms. The zero-order chi connectivity index (χ0) is 15.3. The first kappa shape index (κ1) is 17.0. The van der Waals surface area contributed by atoms with E-state index in [-0.39, 0.29) is 11.3 Å². The summed E-state index contributed by atoms with van der Waals surface area (Å²) >= 11 is 5.05. The van der Waals surface area contributed by atoms with Crippen LogP contribution in [0, 0.1) is 0 Å². The third kappa shape index (κ3) is 4.78. The molecule has 112 valence electrons. The SMILES string of the molecule is CCCOc1ccc(C(C)(C)C)cc1C(C)CC(N)=S. The van der Waals surface area contributed by atoms with Crippen LogP contribution in [0.15, 0.2) is 18.2 Å². The Hall–Kier alpha value is -1.09. The summed E-state index contributed by atoms with van der Waals surface area (Å²) in [5, 5.41) is 0. The number of benzene rings is 1. The highest BCUT2D eigenvalue weighted by atomic mass is 32.1. The van der Waals surface area contributed by atoms with Gasteiger partial charge in [-0.1, -0.05) is 59.0 Å². The highest BCUT2D eigenvalue weighted by Gasteiger charge is 2.19. The summed E-state index contributed by atoms with van der Waals surface area (Å²) < 4.78 is 5.87. The molecule has 1 aromatic carbocycles. The van der Waals surface area contributed by atoms with Gasteiger partial charge in [-0.15, -0.1) is 0 Å². The van der Waals surface area contributed by atoms with Crippen LogP contribution < -0.4 is 10.5 Å². The monoisotopic (exact) mass is 293 g/mol. The van der Waals surface area contributed by atoms with Crippen molar-refractivity contribution in [2.24, 2.45) is 5.73 Å². The minimum absolute atomic E-state index is 0.126. The number of nitrogens with two attached hydrogens (primary N) is 1. The van der Waals surface area contributed by atoms with Crippen molar-refractivity contribution in [3.8, 4) is 5.75 Å². The van der Waals surface area contributed by atoms with E-state index in [9.17, 15) is 0 Å². The van der Waals surface area contributed by atoms with Crippen LogP contribution in [0.4, 0.5) is 0 Å². The molecule has 0 amide bonds. The molecule has 1 unspecified atom stereocenters. The van der Waals surface area contributed by atoms with Crippen LogP contribution in [0.2, 0.25) is 0 Å². The first-order valence-corrected chi connectivity index (χ1v) is 7.72. The molecule has 1 aromatic rings. The van der Waals surface area contributed by atoms with E-state index in [1.807, 2.05) is 0 Å². The lowest BCUT2D eigenvalue weighted by Crippen LogP contribution is -2.15. The van der Waals surface area contributed by atoms with Crippen LogP contribution in [-0.4, -0.2) is 11.6 Å². The lowest BCUT2D eigenvalue weighted by Gasteiger charge is -2.23. The van der Waals surface area contributed by atoms with Gasteiger partial charge in [0.15, 0.2) is 0 Å². The molecule has 0 aliphatic heterocycles. The standard InChI is InChI=1S/C17H27NOS/c1-6-9-19-15-8-7-13(17(3,4)5)11-14(15)12(2)10-16(18)20/h7-8,11-12H,6,9-10H2,1-5H3,(H2,18,20). The number of rotatable bonds is 6. The highest BCUT2D eigenvalue weighted by molar-refractivity contribution is 7.80. The van der Waals surface area contributed by atoms with Gasteiger partial charge in [0.25, 0.3) is 0 Å².